The highest BCUT2D eigenvalue weighted by Gasteiger charge is 2.20. The SMILES string of the molecule is C[Si](C)(C)C(=C=O)Cc1ccccc1. The van der Waals surface area contributed by atoms with Crippen LogP contribution in [-0.4, -0.2) is 14.0 Å². The van der Waals surface area contributed by atoms with Crippen LogP contribution in [0.25, 0.3) is 0 Å². The van der Waals surface area contributed by atoms with Crippen LogP contribution >= 0.6 is 0 Å². The van der Waals surface area contributed by atoms with Crippen LogP contribution in [0.2, 0.25) is 19.6 Å². The molecular weight excluding hydrogens is 188 g/mol. The average Bonchev–Trinajstić information content (AvgIpc) is 2.14. The monoisotopic (exact) mass is 204 g/mol. The molecular formula is C12H16OSi. The summed E-state index contributed by atoms with van der Waals surface area (Å²) >= 11 is 0. The minimum atomic E-state index is -1.48. The van der Waals surface area contributed by atoms with Gasteiger partial charge in [-0.1, -0.05) is 50.0 Å². The molecule has 0 amide bonds. The minimum Gasteiger partial charge on any atom is -0.234 e. The molecule has 74 valence electrons. The van der Waals surface area contributed by atoms with Crippen molar-refractivity contribution in [1.29, 1.82) is 0 Å². The standard InChI is InChI=1S/C12H16OSi/c1-14(2,3)12(10-13)9-11-7-5-4-6-8-11/h4-8H,9H2,1-3H3. The number of allylic oxidation sites excluding steroid dienone is 1. The molecule has 0 heterocycles. The maximum atomic E-state index is 10.8. The first kappa shape index (κ1) is 11.0. The van der Waals surface area contributed by atoms with Crippen LogP contribution in [0.3, 0.4) is 0 Å². The van der Waals surface area contributed by atoms with E-state index in [0.29, 0.717) is 0 Å². The van der Waals surface area contributed by atoms with Gasteiger partial charge in [0.2, 0.25) is 0 Å². The van der Waals surface area contributed by atoms with E-state index < -0.39 is 8.07 Å². The fourth-order valence-corrected chi connectivity index (χ4v) is 2.29. The Kier molecular flexibility index (Phi) is 3.45. The quantitative estimate of drug-likeness (QED) is 0.546. The minimum absolute atomic E-state index is 0.764. The van der Waals surface area contributed by atoms with E-state index in [9.17, 15) is 4.79 Å². The molecule has 1 nitrogen and oxygen atoms in total. The molecule has 0 unspecified atom stereocenters. The Balaban J connectivity index is 2.84. The van der Waals surface area contributed by atoms with Crippen molar-refractivity contribution in [3.63, 3.8) is 0 Å². The molecule has 0 N–H and O–H groups in total. The smallest absolute Gasteiger partial charge is 0.119 e. The molecule has 2 heteroatoms. The molecule has 0 radical (unpaired) electrons. The zero-order chi connectivity index (χ0) is 10.6. The third kappa shape index (κ3) is 2.98. The van der Waals surface area contributed by atoms with Crippen LogP contribution in [0, 0.1) is 0 Å². The Morgan fingerprint density at radius 2 is 1.79 bits per heavy atom. The largest absolute Gasteiger partial charge is 0.234 e. The maximum absolute atomic E-state index is 10.8. The van der Waals surface area contributed by atoms with Crippen molar-refractivity contribution in [2.45, 2.75) is 26.1 Å². The van der Waals surface area contributed by atoms with Gasteiger partial charge >= 0.3 is 0 Å². The molecule has 1 aromatic carbocycles. The molecule has 0 spiro atoms. The molecule has 0 atom stereocenters. The van der Waals surface area contributed by atoms with E-state index in [1.54, 1.807) is 0 Å². The van der Waals surface area contributed by atoms with Crippen LogP contribution in [0.4, 0.5) is 0 Å². The van der Waals surface area contributed by atoms with Crippen LogP contribution in [0.1, 0.15) is 5.56 Å². The lowest BCUT2D eigenvalue weighted by molar-refractivity contribution is 0.567. The fourth-order valence-electron chi connectivity index (χ4n) is 1.25. The summed E-state index contributed by atoms with van der Waals surface area (Å²) in [5.74, 6) is 2.12. The summed E-state index contributed by atoms with van der Waals surface area (Å²) in [5.41, 5.74) is 1.20. The van der Waals surface area contributed by atoms with Crippen molar-refractivity contribution in [3.05, 3.63) is 41.1 Å². The van der Waals surface area contributed by atoms with E-state index in [0.717, 1.165) is 11.6 Å². The summed E-state index contributed by atoms with van der Waals surface area (Å²) in [4.78, 5) is 10.8. The summed E-state index contributed by atoms with van der Waals surface area (Å²) in [5, 5.41) is 0.962. The molecule has 0 aromatic heterocycles. The van der Waals surface area contributed by atoms with Gasteiger partial charge in [0.15, 0.2) is 0 Å². The van der Waals surface area contributed by atoms with Gasteiger partial charge in [-0.25, -0.2) is 4.79 Å². The number of rotatable bonds is 3. The van der Waals surface area contributed by atoms with E-state index in [-0.39, 0.29) is 0 Å². The van der Waals surface area contributed by atoms with Gasteiger partial charge in [-0.2, -0.15) is 0 Å². The maximum Gasteiger partial charge on any atom is 0.119 e. The van der Waals surface area contributed by atoms with Crippen molar-refractivity contribution in [2.24, 2.45) is 0 Å². The lowest BCUT2D eigenvalue weighted by atomic mass is 10.1. The van der Waals surface area contributed by atoms with Crippen LogP contribution in [0.5, 0.6) is 0 Å². The first-order valence-corrected chi connectivity index (χ1v) is 8.32. The zero-order valence-corrected chi connectivity index (χ0v) is 10.0. The van der Waals surface area contributed by atoms with Gasteiger partial charge in [0.25, 0.3) is 0 Å². The molecule has 0 saturated heterocycles. The average molecular weight is 204 g/mol. The predicted octanol–water partition coefficient (Wildman–Crippen LogP) is 2.86. The first-order chi connectivity index (χ1) is 6.54. The van der Waals surface area contributed by atoms with Gasteiger partial charge in [0, 0.05) is 11.6 Å². The highest BCUT2D eigenvalue weighted by molar-refractivity contribution is 6.84. The van der Waals surface area contributed by atoms with Crippen LogP contribution in [-0.2, 0) is 11.2 Å². The summed E-state index contributed by atoms with van der Waals surface area (Å²) in [6, 6.07) is 10.1. The Morgan fingerprint density at radius 1 is 1.21 bits per heavy atom. The molecule has 0 saturated carbocycles. The van der Waals surface area contributed by atoms with E-state index in [4.69, 9.17) is 0 Å². The first-order valence-electron chi connectivity index (χ1n) is 4.82. The van der Waals surface area contributed by atoms with Gasteiger partial charge < -0.3 is 0 Å². The Bertz CT molecular complexity index is 342. The lowest BCUT2D eigenvalue weighted by Gasteiger charge is -2.16. The third-order valence-electron chi connectivity index (χ3n) is 2.25. The number of benzene rings is 1. The van der Waals surface area contributed by atoms with Gasteiger partial charge in [-0.05, 0) is 5.56 Å². The highest BCUT2D eigenvalue weighted by atomic mass is 28.3. The van der Waals surface area contributed by atoms with Crippen molar-refractivity contribution in [2.75, 3.05) is 0 Å². The van der Waals surface area contributed by atoms with E-state index in [2.05, 4.69) is 37.7 Å². The molecule has 0 aliphatic carbocycles. The van der Waals surface area contributed by atoms with Gasteiger partial charge in [-0.3, -0.25) is 0 Å². The Hall–Kier alpha value is -1.11. The van der Waals surface area contributed by atoms with Gasteiger partial charge in [0.05, 0.1) is 8.07 Å². The van der Waals surface area contributed by atoms with Crippen molar-refractivity contribution in [1.82, 2.24) is 0 Å². The van der Waals surface area contributed by atoms with Crippen LogP contribution in [0.15, 0.2) is 35.5 Å². The second kappa shape index (κ2) is 4.40. The summed E-state index contributed by atoms with van der Waals surface area (Å²) in [7, 11) is -1.48. The lowest BCUT2D eigenvalue weighted by Crippen LogP contribution is -2.26. The van der Waals surface area contributed by atoms with Gasteiger partial charge in [0.1, 0.15) is 5.94 Å². The highest BCUT2D eigenvalue weighted by Crippen LogP contribution is 2.16. The number of hydrogen-bond acceptors (Lipinski definition) is 1. The molecule has 14 heavy (non-hydrogen) atoms. The summed E-state index contributed by atoms with van der Waals surface area (Å²) in [6.45, 7) is 6.53. The van der Waals surface area contributed by atoms with E-state index in [1.165, 1.54) is 5.56 Å². The van der Waals surface area contributed by atoms with Crippen molar-refractivity contribution < 1.29 is 4.79 Å². The zero-order valence-electron chi connectivity index (χ0n) is 9.00. The van der Waals surface area contributed by atoms with Crippen molar-refractivity contribution >= 4 is 14.0 Å². The Morgan fingerprint density at radius 3 is 2.21 bits per heavy atom. The number of carbonyl (C=O) groups excluding carboxylic acids is 1. The molecule has 0 fully saturated rings. The third-order valence-corrected chi connectivity index (χ3v) is 4.34. The molecule has 0 bridgehead atoms. The van der Waals surface area contributed by atoms with E-state index >= 15 is 0 Å². The molecule has 0 aliphatic rings. The number of hydrogen-bond donors (Lipinski definition) is 0. The van der Waals surface area contributed by atoms with E-state index in [1.807, 2.05) is 18.2 Å². The summed E-state index contributed by atoms with van der Waals surface area (Å²) in [6.07, 6.45) is 0.764. The normalized spacial score (nSPS) is 10.8. The summed E-state index contributed by atoms with van der Waals surface area (Å²) < 4.78 is 0. The topological polar surface area (TPSA) is 17.1 Å². The van der Waals surface area contributed by atoms with Crippen LogP contribution < -0.4 is 0 Å². The second-order valence-corrected chi connectivity index (χ2v) is 9.60. The van der Waals surface area contributed by atoms with Gasteiger partial charge in [-0.15, -0.1) is 0 Å². The molecule has 0 aliphatic heterocycles. The molecule has 1 rings (SSSR count). The predicted molar refractivity (Wildman–Crippen MR) is 62.7 cm³/mol. The second-order valence-electron chi connectivity index (χ2n) is 4.49. The molecule has 1 aromatic rings. The Labute approximate surface area is 86.5 Å². The fraction of sp³-hybridized carbons (Fsp3) is 0.333. The van der Waals surface area contributed by atoms with Crippen molar-refractivity contribution in [3.8, 4) is 0 Å².